The Hall–Kier alpha value is -0.860. The van der Waals surface area contributed by atoms with Crippen molar-refractivity contribution in [3.63, 3.8) is 0 Å². The van der Waals surface area contributed by atoms with Crippen LogP contribution in [0.4, 0.5) is 0 Å². The first-order chi connectivity index (χ1) is 13.2. The van der Waals surface area contributed by atoms with Crippen LogP contribution >= 0.6 is 23.5 Å². The molecule has 0 aliphatic carbocycles. The first-order valence-electron chi connectivity index (χ1n) is 9.08. The van der Waals surface area contributed by atoms with Gasteiger partial charge in [-0.05, 0) is 46.3 Å². The van der Waals surface area contributed by atoms with E-state index < -0.39 is 36.2 Å². The molecule has 9 heteroatoms. The molecule has 0 unspecified atom stereocenters. The first kappa shape index (κ1) is 20.4. The second-order valence-corrected chi connectivity index (χ2v) is 9.46. The van der Waals surface area contributed by atoms with E-state index in [9.17, 15) is 5.26 Å². The molecule has 0 radical (unpaired) electrons. The van der Waals surface area contributed by atoms with Gasteiger partial charge in [-0.3, -0.25) is 0 Å². The van der Waals surface area contributed by atoms with Crippen LogP contribution in [0.25, 0.3) is 0 Å². The van der Waals surface area contributed by atoms with Gasteiger partial charge in [-0.1, -0.05) is 0 Å². The molecule has 1 aromatic heterocycles. The van der Waals surface area contributed by atoms with Crippen LogP contribution in [-0.4, -0.2) is 53.7 Å². The Morgan fingerprint density at radius 2 is 1.61 bits per heavy atom. The largest absolute Gasteiger partial charge is 0.342 e. The van der Waals surface area contributed by atoms with E-state index in [1.165, 1.54) is 23.5 Å². The highest BCUT2D eigenvalue weighted by Gasteiger charge is 2.61. The van der Waals surface area contributed by atoms with Crippen molar-refractivity contribution in [1.29, 1.82) is 5.26 Å². The highest BCUT2D eigenvalue weighted by molar-refractivity contribution is 7.99. The zero-order valence-electron chi connectivity index (χ0n) is 16.7. The lowest BCUT2D eigenvalue weighted by atomic mass is 9.92. The van der Waals surface area contributed by atoms with Gasteiger partial charge in [0.2, 0.25) is 0 Å². The van der Waals surface area contributed by atoms with Crippen molar-refractivity contribution in [2.24, 2.45) is 0 Å². The van der Waals surface area contributed by atoms with Crippen LogP contribution in [0, 0.1) is 11.3 Å². The molecule has 0 spiro atoms. The minimum atomic E-state index is -0.785. The van der Waals surface area contributed by atoms with E-state index in [4.69, 9.17) is 23.7 Å². The summed E-state index contributed by atoms with van der Waals surface area (Å²) >= 11 is 2.96. The molecule has 0 N–H and O–H groups in total. The molecule has 3 aliphatic rings. The molecule has 1 aromatic rings. The van der Waals surface area contributed by atoms with Gasteiger partial charge in [0, 0.05) is 5.56 Å². The Labute approximate surface area is 173 Å². The van der Waals surface area contributed by atoms with Gasteiger partial charge < -0.3 is 23.7 Å². The quantitative estimate of drug-likeness (QED) is 0.677. The van der Waals surface area contributed by atoms with Crippen molar-refractivity contribution < 1.29 is 23.7 Å². The number of thioether (sulfide) groups is 2. The van der Waals surface area contributed by atoms with Crippen LogP contribution in [0.2, 0.25) is 0 Å². The van der Waals surface area contributed by atoms with Crippen LogP contribution in [0.15, 0.2) is 16.1 Å². The third-order valence-electron chi connectivity index (χ3n) is 4.97. The van der Waals surface area contributed by atoms with Crippen LogP contribution < -0.4 is 0 Å². The van der Waals surface area contributed by atoms with Crippen LogP contribution in [0.5, 0.6) is 0 Å². The third-order valence-corrected chi connectivity index (χ3v) is 6.28. The number of nitriles is 1. The minimum Gasteiger partial charge on any atom is -0.342 e. The fraction of sp³-hybridized carbons (Fsp3) is 0.684. The molecular formula is C19H24N2O5S2. The molecule has 4 rings (SSSR count). The lowest BCUT2D eigenvalue weighted by molar-refractivity contribution is -0.236. The summed E-state index contributed by atoms with van der Waals surface area (Å²) in [6.07, 6.45) is 1.55. The predicted molar refractivity (Wildman–Crippen MR) is 104 cm³/mol. The highest BCUT2D eigenvalue weighted by Crippen LogP contribution is 2.49. The Morgan fingerprint density at radius 3 is 2.25 bits per heavy atom. The first-order valence-corrected chi connectivity index (χ1v) is 11.5. The zero-order chi connectivity index (χ0) is 20.3. The molecule has 0 amide bonds. The number of pyridine rings is 1. The summed E-state index contributed by atoms with van der Waals surface area (Å²) in [6.45, 7) is 7.45. The van der Waals surface area contributed by atoms with E-state index in [0.717, 1.165) is 10.6 Å². The summed E-state index contributed by atoms with van der Waals surface area (Å²) in [6, 6.07) is 4.20. The molecule has 28 heavy (non-hydrogen) atoms. The number of hydrogen-bond donors (Lipinski definition) is 0. The van der Waals surface area contributed by atoms with E-state index in [2.05, 4.69) is 11.1 Å². The number of nitrogens with zero attached hydrogens (tertiary/aromatic N) is 2. The predicted octanol–water partition coefficient (Wildman–Crippen LogP) is 3.47. The summed E-state index contributed by atoms with van der Waals surface area (Å²) in [5, 5.41) is 11.3. The lowest BCUT2D eigenvalue weighted by Gasteiger charge is -2.38. The number of aromatic nitrogens is 1. The molecule has 3 saturated heterocycles. The topological polar surface area (TPSA) is 82.8 Å². The Kier molecular flexibility index (Phi) is 5.20. The van der Waals surface area contributed by atoms with E-state index in [1.807, 2.05) is 46.3 Å². The normalized spacial score (nSPS) is 35.2. The van der Waals surface area contributed by atoms with Gasteiger partial charge in [-0.25, -0.2) is 4.98 Å². The summed E-state index contributed by atoms with van der Waals surface area (Å²) in [7, 11) is 0. The van der Waals surface area contributed by atoms with Crippen molar-refractivity contribution in [3.05, 3.63) is 17.2 Å². The van der Waals surface area contributed by atoms with E-state index in [0.29, 0.717) is 10.6 Å². The van der Waals surface area contributed by atoms with Crippen molar-refractivity contribution in [2.75, 3.05) is 12.5 Å². The maximum absolute atomic E-state index is 9.84. The minimum absolute atomic E-state index is 0.365. The Bertz CT molecular complexity index is 825. The third kappa shape index (κ3) is 3.45. The van der Waals surface area contributed by atoms with Gasteiger partial charge in [0.25, 0.3) is 0 Å². The fourth-order valence-electron chi connectivity index (χ4n) is 3.97. The average Bonchev–Trinajstić information content (AvgIpc) is 3.13. The Morgan fingerprint density at radius 1 is 0.964 bits per heavy atom. The van der Waals surface area contributed by atoms with E-state index in [1.54, 1.807) is 0 Å². The maximum atomic E-state index is 9.84. The number of ether oxygens (including phenoxy) is 5. The second-order valence-electron chi connectivity index (χ2n) is 7.84. The summed E-state index contributed by atoms with van der Waals surface area (Å²) in [4.78, 5) is 4.56. The molecule has 0 saturated carbocycles. The van der Waals surface area contributed by atoms with Crippen molar-refractivity contribution in [3.8, 4) is 6.07 Å². The zero-order valence-corrected chi connectivity index (χ0v) is 18.3. The molecule has 7 nitrogen and oxygen atoms in total. The number of fused-ring (bicyclic) bond motifs is 3. The van der Waals surface area contributed by atoms with Gasteiger partial charge in [0.15, 0.2) is 17.9 Å². The number of rotatable bonds is 3. The van der Waals surface area contributed by atoms with Crippen LogP contribution in [0.1, 0.15) is 44.9 Å². The Balaban J connectivity index is 1.81. The van der Waals surface area contributed by atoms with Gasteiger partial charge in [0.1, 0.15) is 35.5 Å². The summed E-state index contributed by atoms with van der Waals surface area (Å²) < 4.78 is 30.8. The van der Waals surface area contributed by atoms with E-state index in [-0.39, 0.29) is 6.10 Å². The lowest BCUT2D eigenvalue weighted by Crippen LogP contribution is -2.51. The molecule has 0 aromatic carbocycles. The molecular weight excluding hydrogens is 400 g/mol. The molecule has 3 fully saturated rings. The van der Waals surface area contributed by atoms with Gasteiger partial charge >= 0.3 is 0 Å². The molecule has 0 bridgehead atoms. The van der Waals surface area contributed by atoms with Crippen molar-refractivity contribution >= 4 is 23.5 Å². The molecule has 4 heterocycles. The monoisotopic (exact) mass is 424 g/mol. The van der Waals surface area contributed by atoms with Crippen LogP contribution in [0.3, 0.4) is 0 Å². The molecule has 152 valence electrons. The SMILES string of the molecule is CSc1cc([C@H]2O[C@@H]3OC(C)(C)O[C@@H]3[C@H]3OC(C)(C)O[C@H]32)c(C#N)c(SC)n1. The van der Waals surface area contributed by atoms with Gasteiger partial charge in [-0.2, -0.15) is 5.26 Å². The average molecular weight is 425 g/mol. The summed E-state index contributed by atoms with van der Waals surface area (Å²) in [5.41, 5.74) is 1.24. The number of hydrogen-bond acceptors (Lipinski definition) is 9. The molecule has 5 atom stereocenters. The van der Waals surface area contributed by atoms with Crippen molar-refractivity contribution in [2.45, 2.75) is 80.0 Å². The van der Waals surface area contributed by atoms with Gasteiger partial charge in [0.05, 0.1) is 10.6 Å². The summed E-state index contributed by atoms with van der Waals surface area (Å²) in [5.74, 6) is -1.57. The fourth-order valence-corrected chi connectivity index (χ4v) is 5.01. The highest BCUT2D eigenvalue weighted by atomic mass is 32.2. The standard InChI is InChI=1S/C19H24N2O5S2/c1-18(2)23-13-12(9-7-11(27-5)21-16(28-6)10(9)8-20)22-17-15(14(13)24-18)25-19(3,4)26-17/h7,12-15,17H,1-6H3/t12-,13+,14+,15-,17-/m1/s1. The smallest absolute Gasteiger partial charge is 0.190 e. The van der Waals surface area contributed by atoms with E-state index >= 15 is 0 Å². The maximum Gasteiger partial charge on any atom is 0.190 e. The molecule has 3 aliphatic heterocycles. The second kappa shape index (κ2) is 7.13. The van der Waals surface area contributed by atoms with Crippen LogP contribution in [-0.2, 0) is 23.7 Å². The van der Waals surface area contributed by atoms with Crippen molar-refractivity contribution in [1.82, 2.24) is 4.98 Å². The van der Waals surface area contributed by atoms with Gasteiger partial charge in [-0.15, -0.1) is 23.5 Å².